The minimum absolute atomic E-state index is 0. The predicted octanol–water partition coefficient (Wildman–Crippen LogP) is 9.27. The van der Waals surface area contributed by atoms with E-state index >= 15 is 0 Å². The van der Waals surface area contributed by atoms with Crippen LogP contribution in [0.2, 0.25) is 0 Å². The van der Waals surface area contributed by atoms with Gasteiger partial charge in [0, 0.05) is 59.8 Å². The SMILES string of the molecule is CC[C@H](C)NC(=O)C1CN(Cc2ccc(CCCC(C)C)cc2F)C1.CC[C@H](C)NC(=O)C1CN(Cc2ccc(OCCCCCC(C)C)cc2)C1.[HH].[HH]. The Balaban J connectivity index is 0.000000522. The van der Waals surface area contributed by atoms with Gasteiger partial charge < -0.3 is 15.4 Å². The highest BCUT2D eigenvalue weighted by Gasteiger charge is 2.34. The molecule has 8 heteroatoms. The van der Waals surface area contributed by atoms with E-state index in [2.05, 4.69) is 93.2 Å². The van der Waals surface area contributed by atoms with Gasteiger partial charge in [-0.05, 0) is 87.1 Å². The van der Waals surface area contributed by atoms with Gasteiger partial charge in [0.1, 0.15) is 11.6 Å². The number of nitrogens with one attached hydrogen (secondary N) is 2. The number of carbonyl (C=O) groups is 2. The zero-order chi connectivity index (χ0) is 38.0. The largest absolute Gasteiger partial charge is 0.494 e. The number of halogens is 1. The van der Waals surface area contributed by atoms with Gasteiger partial charge in [-0.1, -0.05) is 91.5 Å². The van der Waals surface area contributed by atoms with Gasteiger partial charge in [0.2, 0.25) is 11.8 Å². The van der Waals surface area contributed by atoms with Crippen LogP contribution in [0.3, 0.4) is 0 Å². The topological polar surface area (TPSA) is 73.9 Å². The molecule has 2 aromatic carbocycles. The molecule has 2 aromatic rings. The fraction of sp³-hybridized carbons (Fsp3) is 0.682. The van der Waals surface area contributed by atoms with E-state index in [9.17, 15) is 14.0 Å². The zero-order valence-corrected chi connectivity index (χ0v) is 33.8. The molecule has 2 fully saturated rings. The van der Waals surface area contributed by atoms with Crippen molar-refractivity contribution in [1.82, 2.24) is 20.4 Å². The molecule has 0 bridgehead atoms. The lowest BCUT2D eigenvalue weighted by atomic mass is 9.97. The van der Waals surface area contributed by atoms with Crippen molar-refractivity contribution in [3.05, 3.63) is 65.0 Å². The molecular formula is C44H75FN4O3. The Morgan fingerprint density at radius 3 is 1.77 bits per heavy atom. The van der Waals surface area contributed by atoms with Gasteiger partial charge in [0.05, 0.1) is 18.4 Å². The molecule has 0 saturated carbocycles. The van der Waals surface area contributed by atoms with E-state index in [1.54, 1.807) is 6.07 Å². The third kappa shape index (κ3) is 16.0. The summed E-state index contributed by atoms with van der Waals surface area (Å²) < 4.78 is 20.2. The summed E-state index contributed by atoms with van der Waals surface area (Å²) in [4.78, 5) is 28.6. The normalized spacial score (nSPS) is 16.4. The van der Waals surface area contributed by atoms with Gasteiger partial charge in [0.25, 0.3) is 0 Å². The summed E-state index contributed by atoms with van der Waals surface area (Å²) >= 11 is 0. The van der Waals surface area contributed by atoms with Crippen LogP contribution in [0, 0.1) is 29.5 Å². The summed E-state index contributed by atoms with van der Waals surface area (Å²) in [5, 5.41) is 6.10. The Morgan fingerprint density at radius 2 is 1.25 bits per heavy atom. The highest BCUT2D eigenvalue weighted by Crippen LogP contribution is 2.23. The Bertz CT molecular complexity index is 1330. The zero-order valence-electron chi connectivity index (χ0n) is 33.8. The Hall–Kier alpha value is -2.97. The number of carbonyl (C=O) groups excluding carboxylic acids is 2. The van der Waals surface area contributed by atoms with Crippen molar-refractivity contribution in [1.29, 1.82) is 0 Å². The molecule has 52 heavy (non-hydrogen) atoms. The van der Waals surface area contributed by atoms with Crippen LogP contribution in [0.1, 0.15) is 126 Å². The van der Waals surface area contributed by atoms with Crippen molar-refractivity contribution in [2.75, 3.05) is 32.8 Å². The molecular weight excluding hydrogens is 652 g/mol. The fourth-order valence-electron chi connectivity index (χ4n) is 6.46. The first-order valence-electron chi connectivity index (χ1n) is 20.4. The maximum Gasteiger partial charge on any atom is 0.225 e. The number of unbranched alkanes of at least 4 members (excludes halogenated alkanes) is 2. The monoisotopic (exact) mass is 727 g/mol. The molecule has 0 unspecified atom stereocenters. The van der Waals surface area contributed by atoms with Crippen LogP contribution in [-0.4, -0.2) is 66.5 Å². The van der Waals surface area contributed by atoms with Crippen molar-refractivity contribution in [3.63, 3.8) is 0 Å². The number of hydrogen-bond acceptors (Lipinski definition) is 5. The van der Waals surface area contributed by atoms with Crippen LogP contribution in [0.25, 0.3) is 0 Å². The lowest BCUT2D eigenvalue weighted by molar-refractivity contribution is -0.131. The van der Waals surface area contributed by atoms with Crippen LogP contribution in [0.4, 0.5) is 4.39 Å². The van der Waals surface area contributed by atoms with Gasteiger partial charge in [-0.2, -0.15) is 0 Å². The number of nitrogens with zero attached hydrogens (tertiary/aromatic N) is 2. The summed E-state index contributed by atoms with van der Waals surface area (Å²) in [7, 11) is 0. The molecule has 7 nitrogen and oxygen atoms in total. The van der Waals surface area contributed by atoms with E-state index in [-0.39, 0.29) is 44.4 Å². The number of amides is 2. The van der Waals surface area contributed by atoms with E-state index in [0.29, 0.717) is 12.5 Å². The summed E-state index contributed by atoms with van der Waals surface area (Å²) in [6.45, 7) is 22.7. The predicted molar refractivity (Wildman–Crippen MR) is 217 cm³/mol. The molecule has 2 saturated heterocycles. The molecule has 0 aromatic heterocycles. The fourth-order valence-corrected chi connectivity index (χ4v) is 6.46. The highest BCUT2D eigenvalue weighted by atomic mass is 19.1. The second-order valence-corrected chi connectivity index (χ2v) is 16.4. The number of likely N-dealkylation sites (tertiary alicyclic amines) is 2. The molecule has 2 N–H and O–H groups in total. The quantitative estimate of drug-likeness (QED) is 0.126. The summed E-state index contributed by atoms with van der Waals surface area (Å²) in [5.74, 6) is 2.87. The summed E-state index contributed by atoms with van der Waals surface area (Å²) in [6.07, 6.45) is 10.1. The first kappa shape index (κ1) is 43.4. The highest BCUT2D eigenvalue weighted by molar-refractivity contribution is 5.80. The van der Waals surface area contributed by atoms with E-state index < -0.39 is 0 Å². The molecule has 2 aliphatic rings. The summed E-state index contributed by atoms with van der Waals surface area (Å²) in [5.41, 5.74) is 3.09. The van der Waals surface area contributed by atoms with Crippen LogP contribution >= 0.6 is 0 Å². The van der Waals surface area contributed by atoms with Crippen LogP contribution < -0.4 is 15.4 Å². The average Bonchev–Trinajstić information content (AvgIpc) is 3.06. The standard InChI is InChI=1S/C23H38N2O2.C21H33FN2O.2H2/c1-5-19(4)24-23(26)21-16-25(17-21)15-20-10-12-22(13-11-20)27-14-8-6-7-9-18(2)3;1-5-16(4)23-21(25)19-13-24(14-19)12-18-10-9-17(11-20(18)22)8-6-7-15(2)3;;/h10-13,18-19,21H,5-9,14-17H2,1-4H3,(H,24,26);9-11,15-16,19H,5-8,12-14H2,1-4H3,(H,23,25);2*1H/t19-;16-;;/m00../s1. The molecule has 2 aliphatic heterocycles. The molecule has 0 radical (unpaired) electrons. The molecule has 0 aliphatic carbocycles. The minimum atomic E-state index is -0.116. The molecule has 2 atom stereocenters. The van der Waals surface area contributed by atoms with E-state index in [1.807, 2.05) is 19.1 Å². The molecule has 4 rings (SSSR count). The number of aryl methyl sites for hydroxylation is 1. The van der Waals surface area contributed by atoms with Crippen molar-refractivity contribution in [2.24, 2.45) is 23.7 Å². The average molecular weight is 727 g/mol. The third-order valence-corrected chi connectivity index (χ3v) is 10.4. The first-order valence-corrected chi connectivity index (χ1v) is 20.4. The Kier molecular flexibility index (Phi) is 19.2. The molecule has 296 valence electrons. The van der Waals surface area contributed by atoms with Crippen LogP contribution in [-0.2, 0) is 29.1 Å². The van der Waals surface area contributed by atoms with Crippen molar-refractivity contribution in [2.45, 2.75) is 138 Å². The summed E-state index contributed by atoms with van der Waals surface area (Å²) in [6, 6.07) is 14.5. The van der Waals surface area contributed by atoms with Gasteiger partial charge in [0.15, 0.2) is 0 Å². The van der Waals surface area contributed by atoms with E-state index in [1.165, 1.54) is 31.2 Å². The Labute approximate surface area is 318 Å². The van der Waals surface area contributed by atoms with Crippen LogP contribution in [0.5, 0.6) is 5.75 Å². The lowest BCUT2D eigenvalue weighted by Crippen LogP contribution is -2.54. The van der Waals surface area contributed by atoms with Gasteiger partial charge in [-0.25, -0.2) is 4.39 Å². The second-order valence-electron chi connectivity index (χ2n) is 16.4. The van der Waals surface area contributed by atoms with Crippen LogP contribution in [0.15, 0.2) is 42.5 Å². The van der Waals surface area contributed by atoms with E-state index in [4.69, 9.17) is 4.74 Å². The lowest BCUT2D eigenvalue weighted by Gasteiger charge is -2.38. The third-order valence-electron chi connectivity index (χ3n) is 10.4. The second kappa shape index (κ2) is 23.0. The van der Waals surface area contributed by atoms with Gasteiger partial charge in [-0.15, -0.1) is 0 Å². The number of rotatable bonds is 21. The van der Waals surface area contributed by atoms with E-state index in [0.717, 1.165) is 94.2 Å². The van der Waals surface area contributed by atoms with Crippen molar-refractivity contribution in [3.8, 4) is 5.75 Å². The smallest absolute Gasteiger partial charge is 0.225 e. The maximum atomic E-state index is 14.3. The molecule has 0 spiro atoms. The van der Waals surface area contributed by atoms with Gasteiger partial charge in [-0.3, -0.25) is 19.4 Å². The van der Waals surface area contributed by atoms with Gasteiger partial charge >= 0.3 is 0 Å². The number of hydrogen-bond donors (Lipinski definition) is 2. The Morgan fingerprint density at radius 1 is 0.731 bits per heavy atom. The molecule has 2 amide bonds. The van der Waals surface area contributed by atoms with Crippen molar-refractivity contribution < 1.29 is 21.6 Å². The first-order chi connectivity index (χ1) is 24.9. The number of ether oxygens (including phenoxy) is 1. The maximum absolute atomic E-state index is 14.3. The minimum Gasteiger partial charge on any atom is -0.494 e. The van der Waals surface area contributed by atoms with Crippen molar-refractivity contribution >= 4 is 11.8 Å². The molecule has 2 heterocycles. The number of benzene rings is 2.